The summed E-state index contributed by atoms with van der Waals surface area (Å²) in [4.78, 5) is 4.13. The second-order valence-corrected chi connectivity index (χ2v) is 6.57. The van der Waals surface area contributed by atoms with Gasteiger partial charge in [-0.2, -0.15) is 0 Å². The van der Waals surface area contributed by atoms with Crippen LogP contribution in [0.2, 0.25) is 0 Å². The van der Waals surface area contributed by atoms with Crippen LogP contribution in [0.3, 0.4) is 0 Å². The van der Waals surface area contributed by atoms with E-state index in [-0.39, 0.29) is 11.0 Å². The molecule has 0 bridgehead atoms. The number of nitrogens with zero attached hydrogens (tertiary/aromatic N) is 2. The van der Waals surface area contributed by atoms with Crippen LogP contribution in [-0.4, -0.2) is 34.6 Å². The van der Waals surface area contributed by atoms with E-state index < -0.39 is 9.84 Å². The Bertz CT molecular complexity index is 504. The van der Waals surface area contributed by atoms with Gasteiger partial charge in [0.1, 0.15) is 5.82 Å². The predicted molar refractivity (Wildman–Crippen MR) is 58.3 cm³/mol. The molecule has 0 fully saturated rings. The van der Waals surface area contributed by atoms with Gasteiger partial charge in [0.05, 0.1) is 5.75 Å². The lowest BCUT2D eigenvalue weighted by Crippen LogP contribution is -2.09. The van der Waals surface area contributed by atoms with Gasteiger partial charge in [0.2, 0.25) is 5.16 Å². The molecule has 0 aromatic carbocycles. The van der Waals surface area contributed by atoms with E-state index in [0.29, 0.717) is 5.16 Å². The number of rotatable bonds is 2. The second kappa shape index (κ2) is 3.64. The molecule has 7 heteroatoms. The summed E-state index contributed by atoms with van der Waals surface area (Å²) in [6.07, 6.45) is 0. The van der Waals surface area contributed by atoms with Crippen LogP contribution in [0.25, 0.3) is 0 Å². The fraction of sp³-hybridized carbons (Fsp3) is 0.500. The van der Waals surface area contributed by atoms with Crippen LogP contribution in [0.4, 0.5) is 0 Å². The molecule has 1 aromatic heterocycles. The molecule has 0 saturated carbocycles. The minimum Gasteiger partial charge on any atom is -0.262 e. The molecule has 1 N–H and O–H groups in total. The van der Waals surface area contributed by atoms with Crippen molar-refractivity contribution < 1.29 is 8.42 Å². The molecule has 0 spiro atoms. The molecule has 0 saturated heterocycles. The Kier molecular flexibility index (Phi) is 2.59. The minimum atomic E-state index is -3.01. The molecule has 2 rings (SSSR count). The standard InChI is InChI=1S/C8H11N3O2S2/c1-5-3-15(12,13)4-7(5)14-8-9-6(2)10-11-8/h3,7H,4H2,1-2H3,(H,9,10,11)/t7-/m0/s1. The number of sulfone groups is 1. The highest BCUT2D eigenvalue weighted by Crippen LogP contribution is 2.31. The van der Waals surface area contributed by atoms with E-state index in [2.05, 4.69) is 15.2 Å². The first-order valence-electron chi connectivity index (χ1n) is 4.43. The van der Waals surface area contributed by atoms with Crippen LogP contribution in [0.5, 0.6) is 0 Å². The average Bonchev–Trinajstić information content (AvgIpc) is 2.58. The molecular weight excluding hydrogens is 234 g/mol. The number of aromatic nitrogens is 3. The lowest BCUT2D eigenvalue weighted by Gasteiger charge is -2.05. The number of hydrogen-bond acceptors (Lipinski definition) is 5. The first-order chi connectivity index (χ1) is 6.96. The third-order valence-corrected chi connectivity index (χ3v) is 5.04. The van der Waals surface area contributed by atoms with Crippen molar-refractivity contribution in [2.24, 2.45) is 0 Å². The summed E-state index contributed by atoms with van der Waals surface area (Å²) in [5.41, 5.74) is 0.863. The monoisotopic (exact) mass is 245 g/mol. The maximum absolute atomic E-state index is 11.3. The summed E-state index contributed by atoms with van der Waals surface area (Å²) in [5.74, 6) is 0.886. The molecule has 1 aliphatic rings. The van der Waals surface area contributed by atoms with Gasteiger partial charge in [0, 0.05) is 10.7 Å². The third kappa shape index (κ3) is 2.40. The Balaban J connectivity index is 2.13. The quantitative estimate of drug-likeness (QED) is 0.838. The van der Waals surface area contributed by atoms with Gasteiger partial charge >= 0.3 is 0 Å². The van der Waals surface area contributed by atoms with Crippen molar-refractivity contribution >= 4 is 21.6 Å². The molecule has 2 heterocycles. The molecule has 15 heavy (non-hydrogen) atoms. The van der Waals surface area contributed by atoms with Crippen LogP contribution in [-0.2, 0) is 9.84 Å². The Labute approximate surface area is 92.3 Å². The van der Waals surface area contributed by atoms with E-state index in [1.807, 2.05) is 13.8 Å². The maximum atomic E-state index is 11.3. The van der Waals surface area contributed by atoms with Crippen LogP contribution in [0.15, 0.2) is 16.1 Å². The van der Waals surface area contributed by atoms with Gasteiger partial charge in [0.15, 0.2) is 9.84 Å². The molecule has 0 unspecified atom stereocenters. The topological polar surface area (TPSA) is 75.7 Å². The lowest BCUT2D eigenvalue weighted by molar-refractivity contribution is 0.606. The van der Waals surface area contributed by atoms with E-state index in [1.165, 1.54) is 17.2 Å². The number of aryl methyl sites for hydroxylation is 1. The molecule has 82 valence electrons. The molecule has 1 atom stereocenters. The molecule has 1 aliphatic heterocycles. The van der Waals surface area contributed by atoms with Crippen LogP contribution in [0, 0.1) is 6.92 Å². The summed E-state index contributed by atoms with van der Waals surface area (Å²) < 4.78 is 22.6. The highest BCUT2D eigenvalue weighted by atomic mass is 32.2. The molecule has 1 aromatic rings. The van der Waals surface area contributed by atoms with E-state index >= 15 is 0 Å². The summed E-state index contributed by atoms with van der Waals surface area (Å²) in [7, 11) is -3.01. The summed E-state index contributed by atoms with van der Waals surface area (Å²) in [6.45, 7) is 3.63. The van der Waals surface area contributed by atoms with Gasteiger partial charge in [-0.05, 0) is 19.4 Å². The third-order valence-electron chi connectivity index (χ3n) is 2.08. The molecule has 0 aliphatic carbocycles. The number of nitrogens with one attached hydrogen (secondary N) is 1. The Morgan fingerprint density at radius 2 is 2.27 bits per heavy atom. The van der Waals surface area contributed by atoms with Gasteiger partial charge in [-0.1, -0.05) is 11.8 Å². The molecule has 0 amide bonds. The van der Waals surface area contributed by atoms with Gasteiger partial charge in [-0.25, -0.2) is 13.4 Å². The zero-order valence-electron chi connectivity index (χ0n) is 8.39. The molecule has 0 radical (unpaired) electrons. The summed E-state index contributed by atoms with van der Waals surface area (Å²) in [5, 5.41) is 8.58. The smallest absolute Gasteiger partial charge is 0.209 e. The fourth-order valence-electron chi connectivity index (χ4n) is 1.38. The van der Waals surface area contributed by atoms with Crippen molar-refractivity contribution in [3.63, 3.8) is 0 Å². The van der Waals surface area contributed by atoms with Crippen molar-refractivity contribution in [1.82, 2.24) is 15.2 Å². The normalized spacial score (nSPS) is 24.1. The first-order valence-corrected chi connectivity index (χ1v) is 7.02. The fourth-order valence-corrected chi connectivity index (χ4v) is 4.61. The maximum Gasteiger partial charge on any atom is 0.209 e. The van der Waals surface area contributed by atoms with Crippen molar-refractivity contribution in [3.8, 4) is 0 Å². The SMILES string of the molecule is CC1=CS(=O)(=O)C[C@@H]1Sc1n[nH]c(C)n1. The van der Waals surface area contributed by atoms with Gasteiger partial charge in [-0.15, -0.1) is 5.10 Å². The Hall–Kier alpha value is -0.820. The number of H-pyrrole nitrogens is 1. The van der Waals surface area contributed by atoms with Crippen molar-refractivity contribution in [2.75, 3.05) is 5.75 Å². The van der Waals surface area contributed by atoms with Crippen LogP contribution in [0.1, 0.15) is 12.7 Å². The van der Waals surface area contributed by atoms with E-state index in [4.69, 9.17) is 0 Å². The van der Waals surface area contributed by atoms with Crippen LogP contribution < -0.4 is 0 Å². The summed E-state index contributed by atoms with van der Waals surface area (Å²) in [6, 6.07) is 0. The van der Waals surface area contributed by atoms with E-state index in [0.717, 1.165) is 11.4 Å². The molecular formula is C8H11N3O2S2. The number of aromatic amines is 1. The van der Waals surface area contributed by atoms with Crippen molar-refractivity contribution in [2.45, 2.75) is 24.3 Å². The highest BCUT2D eigenvalue weighted by molar-refractivity contribution is 8.02. The predicted octanol–water partition coefficient (Wildman–Crippen LogP) is 0.906. The number of hydrogen-bond donors (Lipinski definition) is 1. The second-order valence-electron chi connectivity index (χ2n) is 3.50. The Morgan fingerprint density at radius 3 is 2.73 bits per heavy atom. The van der Waals surface area contributed by atoms with Crippen molar-refractivity contribution in [3.05, 3.63) is 16.8 Å². The zero-order valence-corrected chi connectivity index (χ0v) is 10.0. The van der Waals surface area contributed by atoms with E-state index in [9.17, 15) is 8.42 Å². The van der Waals surface area contributed by atoms with Gasteiger partial charge in [-0.3, -0.25) is 5.10 Å². The molecule has 5 nitrogen and oxygen atoms in total. The first kappa shape index (κ1) is 10.7. The number of thioether (sulfide) groups is 1. The lowest BCUT2D eigenvalue weighted by atomic mass is 10.3. The Morgan fingerprint density at radius 1 is 1.53 bits per heavy atom. The highest BCUT2D eigenvalue weighted by Gasteiger charge is 2.28. The van der Waals surface area contributed by atoms with Gasteiger partial charge in [0.25, 0.3) is 0 Å². The van der Waals surface area contributed by atoms with Crippen molar-refractivity contribution in [1.29, 1.82) is 0 Å². The average molecular weight is 245 g/mol. The van der Waals surface area contributed by atoms with Gasteiger partial charge < -0.3 is 0 Å². The largest absolute Gasteiger partial charge is 0.262 e. The minimum absolute atomic E-state index is 0.0507. The summed E-state index contributed by atoms with van der Waals surface area (Å²) >= 11 is 1.38. The zero-order chi connectivity index (χ0) is 11.1. The van der Waals surface area contributed by atoms with Crippen LogP contribution >= 0.6 is 11.8 Å². The van der Waals surface area contributed by atoms with E-state index in [1.54, 1.807) is 0 Å².